The molecule has 1 aromatic rings. The van der Waals surface area contributed by atoms with Gasteiger partial charge in [-0.15, -0.1) is 0 Å². The van der Waals surface area contributed by atoms with E-state index >= 15 is 0 Å². The van der Waals surface area contributed by atoms with Crippen LogP contribution in [0.25, 0.3) is 0 Å². The van der Waals surface area contributed by atoms with Crippen molar-refractivity contribution in [1.82, 2.24) is 5.06 Å². The highest BCUT2D eigenvalue weighted by Crippen LogP contribution is 2.02. The third kappa shape index (κ3) is 1.98. The molecule has 0 bridgehead atoms. The summed E-state index contributed by atoms with van der Waals surface area (Å²) in [5, 5.41) is 9.17. The van der Waals surface area contributed by atoms with Gasteiger partial charge in [-0.1, -0.05) is 0 Å². The standard InChI is InChI=1S/C6H8N2O3/c7-6(9)8(10)4-5-2-1-3-11-5/h1-3,10H,4H2,(H2,7,9). The molecule has 1 rings (SSSR count). The van der Waals surface area contributed by atoms with E-state index in [1.165, 1.54) is 6.26 Å². The van der Waals surface area contributed by atoms with Crippen molar-refractivity contribution in [3.63, 3.8) is 0 Å². The molecule has 11 heavy (non-hydrogen) atoms. The van der Waals surface area contributed by atoms with E-state index < -0.39 is 6.03 Å². The Morgan fingerprint density at radius 3 is 3.00 bits per heavy atom. The maximum atomic E-state index is 10.3. The molecule has 1 heterocycles. The lowest BCUT2D eigenvalue weighted by Crippen LogP contribution is -2.31. The van der Waals surface area contributed by atoms with E-state index in [0.29, 0.717) is 10.8 Å². The maximum Gasteiger partial charge on any atom is 0.338 e. The van der Waals surface area contributed by atoms with Gasteiger partial charge in [0.2, 0.25) is 0 Å². The minimum absolute atomic E-state index is 0.0255. The highest BCUT2D eigenvalue weighted by molar-refractivity contribution is 5.70. The summed E-state index contributed by atoms with van der Waals surface area (Å²) in [6.45, 7) is -0.0255. The van der Waals surface area contributed by atoms with Crippen molar-refractivity contribution in [1.29, 1.82) is 0 Å². The number of nitrogens with two attached hydrogens (primary N) is 1. The first-order valence-electron chi connectivity index (χ1n) is 2.98. The fourth-order valence-electron chi connectivity index (χ4n) is 0.628. The van der Waals surface area contributed by atoms with Gasteiger partial charge in [-0.2, -0.15) is 5.06 Å². The maximum absolute atomic E-state index is 10.3. The van der Waals surface area contributed by atoms with Crippen LogP contribution >= 0.6 is 0 Å². The molecular weight excluding hydrogens is 148 g/mol. The SMILES string of the molecule is NC(=O)N(O)Cc1ccco1. The highest BCUT2D eigenvalue weighted by atomic mass is 16.5. The van der Waals surface area contributed by atoms with Gasteiger partial charge in [-0.3, -0.25) is 5.21 Å². The number of hydroxylamine groups is 2. The topological polar surface area (TPSA) is 79.7 Å². The number of urea groups is 1. The normalized spacial score (nSPS) is 9.55. The lowest BCUT2D eigenvalue weighted by atomic mass is 10.4. The molecule has 0 fully saturated rings. The predicted octanol–water partition coefficient (Wildman–Crippen LogP) is 0.550. The zero-order valence-corrected chi connectivity index (χ0v) is 5.73. The number of hydrogen-bond acceptors (Lipinski definition) is 3. The Bertz CT molecular complexity index is 232. The molecule has 5 nitrogen and oxygen atoms in total. The van der Waals surface area contributed by atoms with E-state index in [9.17, 15) is 4.79 Å². The van der Waals surface area contributed by atoms with Crippen LogP contribution in [0.2, 0.25) is 0 Å². The van der Waals surface area contributed by atoms with Gasteiger partial charge >= 0.3 is 6.03 Å². The quantitative estimate of drug-likeness (QED) is 0.484. The smallest absolute Gasteiger partial charge is 0.338 e. The summed E-state index contributed by atoms with van der Waals surface area (Å²) in [7, 11) is 0. The number of carbonyl (C=O) groups excluding carboxylic acids is 1. The number of nitrogens with zero attached hydrogens (tertiary/aromatic N) is 1. The van der Waals surface area contributed by atoms with E-state index in [2.05, 4.69) is 0 Å². The van der Waals surface area contributed by atoms with Gasteiger partial charge in [0.05, 0.1) is 6.26 Å². The molecule has 5 heteroatoms. The van der Waals surface area contributed by atoms with Crippen LogP contribution in [0, 0.1) is 0 Å². The number of hydrogen-bond donors (Lipinski definition) is 2. The van der Waals surface area contributed by atoms with Crippen LogP contribution in [0.1, 0.15) is 5.76 Å². The average molecular weight is 156 g/mol. The third-order valence-electron chi connectivity index (χ3n) is 1.14. The van der Waals surface area contributed by atoms with E-state index in [1.807, 2.05) is 0 Å². The van der Waals surface area contributed by atoms with Crippen molar-refractivity contribution in [2.75, 3.05) is 0 Å². The number of rotatable bonds is 2. The summed E-state index contributed by atoms with van der Waals surface area (Å²) < 4.78 is 4.84. The Balaban J connectivity index is 2.50. The second-order valence-electron chi connectivity index (χ2n) is 1.98. The summed E-state index contributed by atoms with van der Waals surface area (Å²) in [5.41, 5.74) is 4.75. The average Bonchev–Trinajstić information content (AvgIpc) is 2.39. The van der Waals surface area contributed by atoms with Crippen LogP contribution in [-0.2, 0) is 6.54 Å². The van der Waals surface area contributed by atoms with Gasteiger partial charge in [0.25, 0.3) is 0 Å². The molecule has 3 N–H and O–H groups in total. The Morgan fingerprint density at radius 1 is 1.82 bits per heavy atom. The molecule has 0 unspecified atom stereocenters. The lowest BCUT2D eigenvalue weighted by Gasteiger charge is -2.08. The first-order valence-corrected chi connectivity index (χ1v) is 2.98. The molecule has 0 aliphatic carbocycles. The predicted molar refractivity (Wildman–Crippen MR) is 35.6 cm³/mol. The largest absolute Gasteiger partial charge is 0.467 e. The van der Waals surface area contributed by atoms with Crippen molar-refractivity contribution in [2.24, 2.45) is 5.73 Å². The first kappa shape index (κ1) is 7.62. The molecule has 2 amide bonds. The molecular formula is C6H8N2O3. The van der Waals surface area contributed by atoms with Crippen molar-refractivity contribution < 1.29 is 14.4 Å². The van der Waals surface area contributed by atoms with Crippen LogP contribution in [0.15, 0.2) is 22.8 Å². The van der Waals surface area contributed by atoms with Gasteiger partial charge in [0, 0.05) is 0 Å². The molecule has 0 saturated heterocycles. The van der Waals surface area contributed by atoms with Crippen molar-refractivity contribution in [3.05, 3.63) is 24.2 Å². The molecule has 0 aliphatic heterocycles. The molecule has 0 aromatic carbocycles. The van der Waals surface area contributed by atoms with Crippen LogP contribution < -0.4 is 5.73 Å². The van der Waals surface area contributed by atoms with E-state index in [1.54, 1.807) is 12.1 Å². The monoisotopic (exact) mass is 156 g/mol. The molecule has 0 radical (unpaired) electrons. The van der Waals surface area contributed by atoms with Gasteiger partial charge in [-0.25, -0.2) is 4.79 Å². The van der Waals surface area contributed by atoms with Gasteiger partial charge in [-0.05, 0) is 12.1 Å². The van der Waals surface area contributed by atoms with Gasteiger partial charge in [0.1, 0.15) is 12.3 Å². The second kappa shape index (κ2) is 3.07. The van der Waals surface area contributed by atoms with Gasteiger partial charge < -0.3 is 10.2 Å². The minimum atomic E-state index is -0.901. The first-order chi connectivity index (χ1) is 5.20. The Labute approximate surface area is 63.0 Å². The Hall–Kier alpha value is -1.49. The summed E-state index contributed by atoms with van der Waals surface area (Å²) in [6, 6.07) is 2.39. The van der Waals surface area contributed by atoms with E-state index in [0.717, 1.165) is 0 Å². The van der Waals surface area contributed by atoms with Gasteiger partial charge in [0.15, 0.2) is 0 Å². The number of furan rings is 1. The van der Waals surface area contributed by atoms with E-state index in [-0.39, 0.29) is 6.54 Å². The minimum Gasteiger partial charge on any atom is -0.467 e. The molecule has 1 aromatic heterocycles. The third-order valence-corrected chi connectivity index (χ3v) is 1.14. The molecule has 0 saturated carbocycles. The van der Waals surface area contributed by atoms with Crippen LogP contribution in [0.4, 0.5) is 4.79 Å². The summed E-state index contributed by atoms with van der Waals surface area (Å²) in [6.07, 6.45) is 1.45. The molecule has 60 valence electrons. The summed E-state index contributed by atoms with van der Waals surface area (Å²) in [5.74, 6) is 0.478. The van der Waals surface area contributed by atoms with Crippen LogP contribution in [0.5, 0.6) is 0 Å². The number of carbonyl (C=O) groups is 1. The highest BCUT2D eigenvalue weighted by Gasteiger charge is 2.07. The zero-order chi connectivity index (χ0) is 8.27. The zero-order valence-electron chi connectivity index (χ0n) is 5.73. The fraction of sp³-hybridized carbons (Fsp3) is 0.167. The molecule has 0 aliphatic rings. The van der Waals surface area contributed by atoms with E-state index in [4.69, 9.17) is 15.4 Å². The fourth-order valence-corrected chi connectivity index (χ4v) is 0.628. The van der Waals surface area contributed by atoms with Crippen molar-refractivity contribution >= 4 is 6.03 Å². The number of primary amides is 1. The van der Waals surface area contributed by atoms with Crippen molar-refractivity contribution in [2.45, 2.75) is 6.54 Å². The Kier molecular flexibility index (Phi) is 2.12. The lowest BCUT2D eigenvalue weighted by molar-refractivity contribution is -0.0513. The summed E-state index contributed by atoms with van der Waals surface area (Å²) in [4.78, 5) is 10.3. The second-order valence-corrected chi connectivity index (χ2v) is 1.98. The number of amides is 2. The van der Waals surface area contributed by atoms with Crippen LogP contribution in [0.3, 0.4) is 0 Å². The molecule has 0 atom stereocenters. The van der Waals surface area contributed by atoms with Crippen molar-refractivity contribution in [3.8, 4) is 0 Å². The Morgan fingerprint density at radius 2 is 2.55 bits per heavy atom. The molecule has 0 spiro atoms. The summed E-state index contributed by atoms with van der Waals surface area (Å²) >= 11 is 0. The van der Waals surface area contributed by atoms with Crippen LogP contribution in [-0.4, -0.2) is 16.3 Å².